The normalized spacial score (nSPS) is 18.4. The minimum atomic E-state index is 0.0767. The van der Waals surface area contributed by atoms with Crippen molar-refractivity contribution >= 4 is 33.4 Å². The molecule has 0 radical (unpaired) electrons. The topological polar surface area (TPSA) is 29.5 Å². The fourth-order valence-corrected chi connectivity index (χ4v) is 3.24. The number of carbonyl (C=O) groups excluding carboxylic acids is 1. The number of hydrogen-bond acceptors (Lipinski definition) is 2. The molecule has 3 nitrogen and oxygen atoms in total. The Labute approximate surface area is 133 Å². The Balaban J connectivity index is 2.17. The van der Waals surface area contributed by atoms with Crippen LogP contribution in [0.4, 0.5) is 0 Å². The highest BCUT2D eigenvalue weighted by Crippen LogP contribution is 2.28. The molecule has 1 aromatic carbocycles. The first-order valence-electron chi connectivity index (χ1n) is 6.88. The summed E-state index contributed by atoms with van der Waals surface area (Å²) < 4.78 is 6.02. The van der Waals surface area contributed by atoms with E-state index in [9.17, 15) is 4.79 Å². The maximum absolute atomic E-state index is 12.7. The summed E-state index contributed by atoms with van der Waals surface area (Å²) in [5.74, 6) is 1.43. The highest BCUT2D eigenvalue weighted by molar-refractivity contribution is 9.10. The molecular weight excluding hydrogens is 342 g/mol. The predicted octanol–water partition coefficient (Wildman–Crippen LogP) is 4.08. The number of alkyl halides is 1. The fourth-order valence-electron chi connectivity index (χ4n) is 2.67. The number of rotatable bonds is 5. The molecule has 1 atom stereocenters. The number of halogens is 2. The van der Waals surface area contributed by atoms with E-state index in [1.807, 2.05) is 17.0 Å². The van der Waals surface area contributed by atoms with Crippen LogP contribution in [-0.2, 0) is 0 Å². The van der Waals surface area contributed by atoms with Crippen molar-refractivity contribution in [2.75, 3.05) is 19.5 Å². The Kier molecular flexibility index (Phi) is 5.73. The van der Waals surface area contributed by atoms with Crippen molar-refractivity contribution < 1.29 is 9.53 Å². The summed E-state index contributed by atoms with van der Waals surface area (Å²) in [6.45, 7) is 0.829. The summed E-state index contributed by atoms with van der Waals surface area (Å²) in [7, 11) is 1.61. The average Bonchev–Trinajstić information content (AvgIpc) is 2.93. The number of hydrogen-bond donors (Lipinski definition) is 0. The maximum atomic E-state index is 12.7. The van der Waals surface area contributed by atoms with E-state index in [1.165, 1.54) is 0 Å². The van der Waals surface area contributed by atoms with Gasteiger partial charge in [-0.15, -0.1) is 11.6 Å². The lowest BCUT2D eigenvalue weighted by Gasteiger charge is -2.25. The molecule has 1 saturated heterocycles. The minimum absolute atomic E-state index is 0.0767. The Morgan fingerprint density at radius 2 is 2.35 bits per heavy atom. The molecule has 0 N–H and O–H groups in total. The zero-order chi connectivity index (χ0) is 14.5. The number of amides is 1. The Morgan fingerprint density at radius 1 is 1.55 bits per heavy atom. The van der Waals surface area contributed by atoms with E-state index in [4.69, 9.17) is 16.3 Å². The zero-order valence-electron chi connectivity index (χ0n) is 11.6. The van der Waals surface area contributed by atoms with Gasteiger partial charge >= 0.3 is 0 Å². The van der Waals surface area contributed by atoms with Gasteiger partial charge < -0.3 is 9.64 Å². The van der Waals surface area contributed by atoms with Gasteiger partial charge in [-0.2, -0.15) is 0 Å². The number of nitrogens with zero attached hydrogens (tertiary/aromatic N) is 1. The molecule has 1 unspecified atom stereocenters. The molecule has 1 aliphatic rings. The third kappa shape index (κ3) is 3.47. The molecule has 1 amide bonds. The summed E-state index contributed by atoms with van der Waals surface area (Å²) in [6.07, 6.45) is 4.08. The van der Waals surface area contributed by atoms with Crippen LogP contribution in [0, 0.1) is 0 Å². The third-order valence-corrected chi connectivity index (χ3v) is 4.67. The van der Waals surface area contributed by atoms with Crippen LogP contribution in [0.2, 0.25) is 0 Å². The van der Waals surface area contributed by atoms with Gasteiger partial charge in [0, 0.05) is 22.9 Å². The number of carbonyl (C=O) groups is 1. The summed E-state index contributed by atoms with van der Waals surface area (Å²) >= 11 is 9.22. The molecule has 2 rings (SSSR count). The third-order valence-electron chi connectivity index (χ3n) is 3.71. The SMILES string of the molecule is COc1ccc(Br)c(C(=O)N2CCCC2CCCCl)c1. The van der Waals surface area contributed by atoms with Crippen molar-refractivity contribution in [2.24, 2.45) is 0 Å². The highest BCUT2D eigenvalue weighted by Gasteiger charge is 2.29. The molecule has 1 aromatic rings. The van der Waals surface area contributed by atoms with Gasteiger partial charge in [0.2, 0.25) is 0 Å². The van der Waals surface area contributed by atoms with Gasteiger partial charge in [-0.05, 0) is 59.8 Å². The van der Waals surface area contributed by atoms with Crippen LogP contribution >= 0.6 is 27.5 Å². The number of likely N-dealkylation sites (tertiary alicyclic amines) is 1. The zero-order valence-corrected chi connectivity index (χ0v) is 13.9. The molecule has 1 aliphatic heterocycles. The second-order valence-corrected chi connectivity index (χ2v) is 6.20. The van der Waals surface area contributed by atoms with Crippen molar-refractivity contribution in [2.45, 2.75) is 31.7 Å². The van der Waals surface area contributed by atoms with Gasteiger partial charge in [-0.3, -0.25) is 4.79 Å². The molecule has 1 heterocycles. The smallest absolute Gasteiger partial charge is 0.255 e. The van der Waals surface area contributed by atoms with Crippen molar-refractivity contribution in [3.05, 3.63) is 28.2 Å². The second-order valence-electron chi connectivity index (χ2n) is 4.97. The summed E-state index contributed by atoms with van der Waals surface area (Å²) in [5, 5.41) is 0. The van der Waals surface area contributed by atoms with Crippen molar-refractivity contribution in [1.82, 2.24) is 4.90 Å². The largest absolute Gasteiger partial charge is 0.497 e. The van der Waals surface area contributed by atoms with Crippen LogP contribution in [0.5, 0.6) is 5.75 Å². The van der Waals surface area contributed by atoms with E-state index >= 15 is 0 Å². The molecule has 0 saturated carbocycles. The van der Waals surface area contributed by atoms with E-state index in [1.54, 1.807) is 13.2 Å². The monoisotopic (exact) mass is 359 g/mol. The summed E-state index contributed by atoms with van der Waals surface area (Å²) in [5.41, 5.74) is 0.669. The van der Waals surface area contributed by atoms with Gasteiger partial charge in [0.1, 0.15) is 5.75 Å². The first kappa shape index (κ1) is 15.6. The van der Waals surface area contributed by atoms with Gasteiger partial charge in [0.05, 0.1) is 12.7 Å². The van der Waals surface area contributed by atoms with Crippen LogP contribution in [0.15, 0.2) is 22.7 Å². The summed E-state index contributed by atoms with van der Waals surface area (Å²) in [6, 6.07) is 5.81. The Hall–Kier alpha value is -0.740. The Bertz CT molecular complexity index is 481. The number of ether oxygens (including phenoxy) is 1. The minimum Gasteiger partial charge on any atom is -0.497 e. The second kappa shape index (κ2) is 7.32. The molecule has 0 aliphatic carbocycles. The first-order valence-corrected chi connectivity index (χ1v) is 8.20. The molecule has 110 valence electrons. The van der Waals surface area contributed by atoms with E-state index < -0.39 is 0 Å². The number of benzene rings is 1. The van der Waals surface area contributed by atoms with Crippen LogP contribution in [-0.4, -0.2) is 36.4 Å². The molecule has 0 bridgehead atoms. The van der Waals surface area contributed by atoms with E-state index in [2.05, 4.69) is 15.9 Å². The summed E-state index contributed by atoms with van der Waals surface area (Å²) in [4.78, 5) is 14.7. The lowest BCUT2D eigenvalue weighted by atomic mass is 10.1. The average molecular weight is 361 g/mol. The maximum Gasteiger partial charge on any atom is 0.255 e. The van der Waals surface area contributed by atoms with E-state index in [0.29, 0.717) is 23.2 Å². The van der Waals surface area contributed by atoms with Gasteiger partial charge in [-0.25, -0.2) is 0 Å². The highest BCUT2D eigenvalue weighted by atomic mass is 79.9. The van der Waals surface area contributed by atoms with E-state index in [-0.39, 0.29) is 5.91 Å². The van der Waals surface area contributed by atoms with E-state index in [0.717, 1.165) is 36.7 Å². The lowest BCUT2D eigenvalue weighted by Crippen LogP contribution is -2.35. The van der Waals surface area contributed by atoms with Crippen LogP contribution in [0.3, 0.4) is 0 Å². The quantitative estimate of drug-likeness (QED) is 0.740. The molecule has 20 heavy (non-hydrogen) atoms. The Morgan fingerprint density at radius 3 is 3.05 bits per heavy atom. The van der Waals surface area contributed by atoms with Crippen molar-refractivity contribution in [3.8, 4) is 5.75 Å². The molecule has 0 aromatic heterocycles. The first-order chi connectivity index (χ1) is 9.67. The van der Waals surface area contributed by atoms with Crippen LogP contribution < -0.4 is 4.74 Å². The van der Waals surface area contributed by atoms with Gasteiger partial charge in [0.15, 0.2) is 0 Å². The van der Waals surface area contributed by atoms with Crippen molar-refractivity contribution in [1.29, 1.82) is 0 Å². The van der Waals surface area contributed by atoms with Crippen LogP contribution in [0.25, 0.3) is 0 Å². The molecule has 0 spiro atoms. The van der Waals surface area contributed by atoms with Gasteiger partial charge in [0.25, 0.3) is 5.91 Å². The van der Waals surface area contributed by atoms with Gasteiger partial charge in [-0.1, -0.05) is 0 Å². The molecule has 1 fully saturated rings. The van der Waals surface area contributed by atoms with Crippen LogP contribution in [0.1, 0.15) is 36.0 Å². The fraction of sp³-hybridized carbons (Fsp3) is 0.533. The number of methoxy groups -OCH3 is 1. The predicted molar refractivity (Wildman–Crippen MR) is 84.7 cm³/mol. The lowest BCUT2D eigenvalue weighted by molar-refractivity contribution is 0.0729. The molecular formula is C15H19BrClNO2. The van der Waals surface area contributed by atoms with Crippen molar-refractivity contribution in [3.63, 3.8) is 0 Å². The standard InChI is InChI=1S/C15H19BrClNO2/c1-20-12-6-7-14(16)13(10-12)15(19)18-9-3-5-11(18)4-2-8-17/h6-7,10-11H,2-5,8-9H2,1H3. The molecule has 5 heteroatoms.